The molecule has 0 aromatic carbocycles. The van der Waals surface area contributed by atoms with Crippen molar-refractivity contribution >= 4 is 23.5 Å². The summed E-state index contributed by atoms with van der Waals surface area (Å²) >= 11 is 5.99. The van der Waals surface area contributed by atoms with E-state index in [-0.39, 0.29) is 5.28 Å². The largest absolute Gasteiger partial charge is 0.354 e. The van der Waals surface area contributed by atoms with E-state index in [4.69, 9.17) is 11.6 Å². The second kappa shape index (κ2) is 7.62. The summed E-state index contributed by atoms with van der Waals surface area (Å²) in [5.74, 6) is 2.10. The molecule has 5 nitrogen and oxygen atoms in total. The highest BCUT2D eigenvalue weighted by atomic mass is 35.5. The Bertz CT molecular complexity index is 416. The van der Waals surface area contributed by atoms with Gasteiger partial charge in [-0.2, -0.15) is 15.0 Å². The third-order valence-electron chi connectivity index (χ3n) is 3.95. The summed E-state index contributed by atoms with van der Waals surface area (Å²) in [7, 11) is 0. The maximum atomic E-state index is 5.99. The molecule has 0 aliphatic heterocycles. The molecule has 1 aliphatic carbocycles. The van der Waals surface area contributed by atoms with Crippen molar-refractivity contribution in [2.24, 2.45) is 5.92 Å². The van der Waals surface area contributed by atoms with Crippen LogP contribution in [0, 0.1) is 5.92 Å². The van der Waals surface area contributed by atoms with Crippen LogP contribution in [0.5, 0.6) is 0 Å². The molecule has 1 aromatic heterocycles. The molecule has 0 unspecified atom stereocenters. The van der Waals surface area contributed by atoms with Gasteiger partial charge in [0.2, 0.25) is 17.2 Å². The molecule has 1 aliphatic rings. The van der Waals surface area contributed by atoms with Gasteiger partial charge >= 0.3 is 0 Å². The molecule has 0 saturated heterocycles. The van der Waals surface area contributed by atoms with Crippen LogP contribution < -0.4 is 10.2 Å². The topological polar surface area (TPSA) is 53.9 Å². The summed E-state index contributed by atoms with van der Waals surface area (Å²) in [6.07, 6.45) is 6.68. The standard InChI is InChI=1S/C14H24ClN5/c1-3-20(4-2)14-18-12(15)17-13(19-14)16-10-9-11-7-5-6-8-11/h11H,3-10H2,1-2H3,(H,16,17,18,19). The van der Waals surface area contributed by atoms with Gasteiger partial charge in [0.05, 0.1) is 0 Å². The van der Waals surface area contributed by atoms with E-state index in [1.165, 1.54) is 32.1 Å². The molecule has 0 atom stereocenters. The van der Waals surface area contributed by atoms with E-state index < -0.39 is 0 Å². The summed E-state index contributed by atoms with van der Waals surface area (Å²) in [5, 5.41) is 3.54. The SMILES string of the molecule is CCN(CC)c1nc(Cl)nc(NCCC2CCCC2)n1. The number of anilines is 2. The molecule has 1 aromatic rings. The first-order valence-corrected chi connectivity index (χ1v) is 8.01. The van der Waals surface area contributed by atoms with Crippen LogP contribution in [0.3, 0.4) is 0 Å². The molecule has 0 amide bonds. The average Bonchev–Trinajstić information content (AvgIpc) is 2.93. The number of halogens is 1. The Kier molecular flexibility index (Phi) is 5.83. The third kappa shape index (κ3) is 4.20. The van der Waals surface area contributed by atoms with Crippen molar-refractivity contribution in [2.45, 2.75) is 46.0 Å². The van der Waals surface area contributed by atoms with Gasteiger partial charge in [-0.1, -0.05) is 25.7 Å². The highest BCUT2D eigenvalue weighted by Crippen LogP contribution is 2.27. The van der Waals surface area contributed by atoms with Gasteiger partial charge in [-0.25, -0.2) is 0 Å². The Morgan fingerprint density at radius 2 is 1.85 bits per heavy atom. The highest BCUT2D eigenvalue weighted by molar-refractivity contribution is 6.28. The lowest BCUT2D eigenvalue weighted by Gasteiger charge is -2.19. The monoisotopic (exact) mass is 297 g/mol. The fraction of sp³-hybridized carbons (Fsp3) is 0.786. The van der Waals surface area contributed by atoms with E-state index >= 15 is 0 Å². The van der Waals surface area contributed by atoms with Crippen molar-refractivity contribution in [3.05, 3.63) is 5.28 Å². The van der Waals surface area contributed by atoms with Gasteiger partial charge < -0.3 is 10.2 Å². The van der Waals surface area contributed by atoms with E-state index in [9.17, 15) is 0 Å². The maximum Gasteiger partial charge on any atom is 0.231 e. The second-order valence-electron chi connectivity index (χ2n) is 5.27. The molecule has 1 fully saturated rings. The van der Waals surface area contributed by atoms with E-state index in [2.05, 4.69) is 39.0 Å². The summed E-state index contributed by atoms with van der Waals surface area (Å²) in [4.78, 5) is 14.9. The molecule has 6 heteroatoms. The number of hydrogen-bond acceptors (Lipinski definition) is 5. The van der Waals surface area contributed by atoms with Gasteiger partial charge in [0.25, 0.3) is 0 Å². The molecule has 2 rings (SSSR count). The van der Waals surface area contributed by atoms with Gasteiger partial charge in [-0.05, 0) is 37.8 Å². The molecule has 1 saturated carbocycles. The zero-order valence-corrected chi connectivity index (χ0v) is 13.2. The fourth-order valence-electron chi connectivity index (χ4n) is 2.75. The van der Waals surface area contributed by atoms with E-state index in [1.54, 1.807) is 0 Å². The Morgan fingerprint density at radius 1 is 1.15 bits per heavy atom. The number of hydrogen-bond donors (Lipinski definition) is 1. The van der Waals surface area contributed by atoms with Crippen LogP contribution in [0.2, 0.25) is 5.28 Å². The fourth-order valence-corrected chi connectivity index (χ4v) is 2.91. The second-order valence-corrected chi connectivity index (χ2v) is 5.60. The lowest BCUT2D eigenvalue weighted by molar-refractivity contribution is 0.518. The van der Waals surface area contributed by atoms with Crippen molar-refractivity contribution in [3.8, 4) is 0 Å². The molecular formula is C14H24ClN5. The minimum Gasteiger partial charge on any atom is -0.354 e. The summed E-state index contributed by atoms with van der Waals surface area (Å²) < 4.78 is 0. The number of rotatable bonds is 7. The number of nitrogens with zero attached hydrogens (tertiary/aromatic N) is 4. The predicted octanol–water partition coefficient (Wildman–Crippen LogP) is 3.36. The Labute approximate surface area is 126 Å². The number of aromatic nitrogens is 3. The quantitative estimate of drug-likeness (QED) is 0.836. The van der Waals surface area contributed by atoms with Crippen molar-refractivity contribution in [1.82, 2.24) is 15.0 Å². The summed E-state index contributed by atoms with van der Waals surface area (Å²) in [6.45, 7) is 6.78. The highest BCUT2D eigenvalue weighted by Gasteiger charge is 2.15. The zero-order chi connectivity index (χ0) is 14.4. The van der Waals surface area contributed by atoms with Crippen LogP contribution in [0.1, 0.15) is 46.0 Å². The van der Waals surface area contributed by atoms with Crippen LogP contribution in [-0.2, 0) is 0 Å². The van der Waals surface area contributed by atoms with Gasteiger partial charge in [0.15, 0.2) is 0 Å². The van der Waals surface area contributed by atoms with Gasteiger partial charge in [-0.15, -0.1) is 0 Å². The minimum absolute atomic E-state index is 0.255. The average molecular weight is 298 g/mol. The first-order valence-electron chi connectivity index (χ1n) is 7.63. The van der Waals surface area contributed by atoms with Crippen LogP contribution in [0.15, 0.2) is 0 Å². The van der Waals surface area contributed by atoms with E-state index in [1.807, 2.05) is 0 Å². The molecular weight excluding hydrogens is 274 g/mol. The molecule has 0 radical (unpaired) electrons. The van der Waals surface area contributed by atoms with Crippen molar-refractivity contribution in [1.29, 1.82) is 0 Å². The zero-order valence-electron chi connectivity index (χ0n) is 12.4. The predicted molar refractivity (Wildman–Crippen MR) is 83.5 cm³/mol. The molecule has 112 valence electrons. The summed E-state index contributed by atoms with van der Waals surface area (Å²) in [5.41, 5.74) is 0. The smallest absolute Gasteiger partial charge is 0.231 e. The van der Waals surface area contributed by atoms with Crippen LogP contribution in [0.4, 0.5) is 11.9 Å². The van der Waals surface area contributed by atoms with Gasteiger partial charge in [-0.3, -0.25) is 0 Å². The molecule has 0 spiro atoms. The summed E-state index contributed by atoms with van der Waals surface area (Å²) in [6, 6.07) is 0. The van der Waals surface area contributed by atoms with Crippen LogP contribution >= 0.6 is 11.6 Å². The normalized spacial score (nSPS) is 15.6. The Hall–Kier alpha value is -1.10. The number of nitrogens with one attached hydrogen (secondary N) is 1. The minimum atomic E-state index is 0.255. The first-order chi connectivity index (χ1) is 9.72. The van der Waals surface area contributed by atoms with Gasteiger partial charge in [0, 0.05) is 19.6 Å². The van der Waals surface area contributed by atoms with Crippen molar-refractivity contribution in [2.75, 3.05) is 29.9 Å². The lowest BCUT2D eigenvalue weighted by atomic mass is 10.0. The molecule has 20 heavy (non-hydrogen) atoms. The van der Waals surface area contributed by atoms with Crippen molar-refractivity contribution < 1.29 is 0 Å². The third-order valence-corrected chi connectivity index (χ3v) is 4.12. The van der Waals surface area contributed by atoms with E-state index in [0.717, 1.165) is 25.6 Å². The molecule has 1 N–H and O–H groups in total. The van der Waals surface area contributed by atoms with Gasteiger partial charge in [0.1, 0.15) is 0 Å². The molecule has 0 bridgehead atoms. The van der Waals surface area contributed by atoms with Crippen LogP contribution in [0.25, 0.3) is 0 Å². The maximum absolute atomic E-state index is 5.99. The Balaban J connectivity index is 1.92. The van der Waals surface area contributed by atoms with Crippen molar-refractivity contribution in [3.63, 3.8) is 0 Å². The first kappa shape index (κ1) is 15.3. The Morgan fingerprint density at radius 3 is 2.50 bits per heavy atom. The van der Waals surface area contributed by atoms with Crippen LogP contribution in [-0.4, -0.2) is 34.6 Å². The van der Waals surface area contributed by atoms with E-state index in [0.29, 0.717) is 11.9 Å². The lowest BCUT2D eigenvalue weighted by Crippen LogP contribution is -2.25. The molecule has 1 heterocycles.